The second kappa shape index (κ2) is 15.9. The van der Waals surface area contributed by atoms with Crippen LogP contribution in [0.15, 0.2) is 53.5 Å². The Morgan fingerprint density at radius 3 is 2.48 bits per heavy atom. The molecule has 0 spiro atoms. The van der Waals surface area contributed by atoms with Crippen molar-refractivity contribution in [1.29, 1.82) is 0 Å². The number of hydrogen-bond acceptors (Lipinski definition) is 7. The zero-order chi connectivity index (χ0) is 29.1. The second-order valence-electron chi connectivity index (χ2n) is 11.6. The van der Waals surface area contributed by atoms with Gasteiger partial charge in [-0.1, -0.05) is 74.6 Å². The van der Waals surface area contributed by atoms with E-state index in [1.807, 2.05) is 31.2 Å². The number of rotatable bonds is 14. The average Bonchev–Trinajstić information content (AvgIpc) is 3.22. The Hall–Kier alpha value is -2.00. The maximum atomic E-state index is 13.1. The Morgan fingerprint density at radius 2 is 1.82 bits per heavy atom. The fraction of sp³-hybridized carbons (Fsp3) is 0.656. The van der Waals surface area contributed by atoms with Crippen LogP contribution >= 0.6 is 0 Å². The summed E-state index contributed by atoms with van der Waals surface area (Å²) in [5.41, 5.74) is 0.952. The lowest BCUT2D eigenvalue weighted by molar-refractivity contribution is -0.140. The summed E-state index contributed by atoms with van der Waals surface area (Å²) < 4.78 is 36.6. The Kier molecular flexibility index (Phi) is 12.9. The molecule has 0 unspecified atom stereocenters. The van der Waals surface area contributed by atoms with Gasteiger partial charge in [0.05, 0.1) is 30.3 Å². The van der Waals surface area contributed by atoms with Crippen LogP contribution in [0.4, 0.5) is 0 Å². The quantitative estimate of drug-likeness (QED) is 0.123. The summed E-state index contributed by atoms with van der Waals surface area (Å²) in [5, 5.41) is 21.9. The third-order valence-electron chi connectivity index (χ3n) is 8.61. The molecule has 0 heterocycles. The van der Waals surface area contributed by atoms with Crippen molar-refractivity contribution >= 4 is 16.1 Å². The average molecular weight is 577 g/mol. The molecule has 8 heteroatoms. The standard InChI is InChI=1S/C32H48O7S/c1-4-9-24-14-16-25(17-15-24)29(33)21-20-27-28(10-7-5-6-8-11-32(35)38-3)31(22-30(27)34)39-40(36,37)26-18-12-23(2)13-19-26/h5,7,12-13,18-21,24-25,27-31,33-34H,4,6,8-11,14-17,22H2,1-3H3/b7-5-,21-20+/t24?,25?,27-,28-,29-,30-,31-/m1/s1. The van der Waals surface area contributed by atoms with Gasteiger partial charge in [-0.25, -0.2) is 0 Å². The molecule has 3 rings (SSSR count). The van der Waals surface area contributed by atoms with E-state index in [4.69, 9.17) is 4.18 Å². The van der Waals surface area contributed by atoms with Crippen molar-refractivity contribution in [2.75, 3.05) is 7.11 Å². The van der Waals surface area contributed by atoms with Gasteiger partial charge in [-0.2, -0.15) is 8.42 Å². The summed E-state index contributed by atoms with van der Waals surface area (Å²) in [6, 6.07) is 6.54. The molecule has 7 nitrogen and oxygen atoms in total. The highest BCUT2D eigenvalue weighted by atomic mass is 32.2. The van der Waals surface area contributed by atoms with Gasteiger partial charge < -0.3 is 14.9 Å². The number of carbonyl (C=O) groups is 1. The van der Waals surface area contributed by atoms with Crippen LogP contribution in [0.25, 0.3) is 0 Å². The minimum atomic E-state index is -4.01. The lowest BCUT2D eigenvalue weighted by Gasteiger charge is -2.30. The molecule has 2 N–H and O–H groups in total. The molecule has 0 radical (unpaired) electrons. The van der Waals surface area contributed by atoms with Gasteiger partial charge in [-0.3, -0.25) is 8.98 Å². The maximum absolute atomic E-state index is 13.1. The van der Waals surface area contributed by atoms with Crippen LogP contribution in [0.3, 0.4) is 0 Å². The van der Waals surface area contributed by atoms with Gasteiger partial charge in [0.25, 0.3) is 10.1 Å². The molecule has 2 fully saturated rings. The van der Waals surface area contributed by atoms with Crippen LogP contribution in [0.2, 0.25) is 0 Å². The van der Waals surface area contributed by atoms with Gasteiger partial charge in [0.2, 0.25) is 0 Å². The number of aliphatic hydroxyl groups excluding tert-OH is 2. The Labute approximate surface area is 240 Å². The molecule has 0 saturated heterocycles. The third kappa shape index (κ3) is 9.54. The van der Waals surface area contributed by atoms with Crippen LogP contribution in [0.5, 0.6) is 0 Å². The van der Waals surface area contributed by atoms with Gasteiger partial charge >= 0.3 is 5.97 Å². The Bertz CT molecular complexity index is 1070. The number of esters is 1. The van der Waals surface area contributed by atoms with Crippen LogP contribution in [-0.2, 0) is 23.8 Å². The SMILES string of the molecule is CCCC1CCC([C@H](O)/C=C/[C@@H]2[C@@H](C/C=C\CCCC(=O)OC)[C@H](OS(=O)(=O)c3ccc(C)cc3)C[C@H]2O)CC1. The van der Waals surface area contributed by atoms with Crippen molar-refractivity contribution in [2.24, 2.45) is 23.7 Å². The zero-order valence-electron chi connectivity index (χ0n) is 24.3. The van der Waals surface area contributed by atoms with Gasteiger partial charge in [0.15, 0.2) is 0 Å². The van der Waals surface area contributed by atoms with E-state index in [1.54, 1.807) is 12.1 Å². The van der Waals surface area contributed by atoms with E-state index in [2.05, 4.69) is 11.7 Å². The first-order valence-electron chi connectivity index (χ1n) is 14.9. The summed E-state index contributed by atoms with van der Waals surface area (Å²) in [7, 11) is -2.64. The highest BCUT2D eigenvalue weighted by molar-refractivity contribution is 7.86. The van der Waals surface area contributed by atoms with Crippen molar-refractivity contribution in [3.8, 4) is 0 Å². The number of unbranched alkanes of at least 4 members (excludes halogenated alkanes) is 1. The normalized spacial score (nSPS) is 28.3. The molecule has 1 aromatic rings. The monoisotopic (exact) mass is 576 g/mol. The first-order chi connectivity index (χ1) is 19.1. The van der Waals surface area contributed by atoms with E-state index in [0.29, 0.717) is 25.7 Å². The summed E-state index contributed by atoms with van der Waals surface area (Å²) in [6.07, 6.45) is 14.7. The molecule has 224 valence electrons. The number of benzene rings is 1. The highest BCUT2D eigenvalue weighted by Gasteiger charge is 2.43. The largest absolute Gasteiger partial charge is 0.469 e. The van der Waals surface area contributed by atoms with E-state index in [9.17, 15) is 23.4 Å². The molecule has 0 bridgehead atoms. The van der Waals surface area contributed by atoms with Crippen molar-refractivity contribution in [1.82, 2.24) is 0 Å². The van der Waals surface area contributed by atoms with Crippen LogP contribution in [0.1, 0.15) is 83.1 Å². The molecule has 2 aliphatic carbocycles. The molecular weight excluding hydrogens is 528 g/mol. The molecule has 0 aliphatic heterocycles. The summed E-state index contributed by atoms with van der Waals surface area (Å²) >= 11 is 0. The zero-order valence-corrected chi connectivity index (χ0v) is 25.1. The van der Waals surface area contributed by atoms with E-state index in [-0.39, 0.29) is 35.0 Å². The number of aryl methyl sites for hydroxylation is 1. The molecule has 40 heavy (non-hydrogen) atoms. The first kappa shape index (κ1) is 32.5. The summed E-state index contributed by atoms with van der Waals surface area (Å²) in [5.74, 6) is 0.0980. The highest BCUT2D eigenvalue weighted by Crippen LogP contribution is 2.40. The number of carbonyl (C=O) groups excluding carboxylic acids is 1. The van der Waals surface area contributed by atoms with Gasteiger partial charge in [-0.05, 0) is 68.9 Å². The molecular formula is C32H48O7S. The Balaban J connectivity index is 1.70. The van der Waals surface area contributed by atoms with Crippen molar-refractivity contribution in [3.05, 3.63) is 54.1 Å². The summed E-state index contributed by atoms with van der Waals surface area (Å²) in [4.78, 5) is 11.5. The van der Waals surface area contributed by atoms with Crippen molar-refractivity contribution in [3.63, 3.8) is 0 Å². The van der Waals surface area contributed by atoms with Gasteiger partial charge in [0, 0.05) is 18.8 Å². The number of ether oxygens (including phenoxy) is 1. The van der Waals surface area contributed by atoms with E-state index in [1.165, 1.54) is 32.1 Å². The number of methoxy groups -OCH3 is 1. The number of aliphatic hydroxyl groups is 2. The van der Waals surface area contributed by atoms with E-state index < -0.39 is 28.4 Å². The van der Waals surface area contributed by atoms with Crippen molar-refractivity contribution < 1.29 is 32.3 Å². The fourth-order valence-corrected chi connectivity index (χ4v) is 7.31. The van der Waals surface area contributed by atoms with E-state index in [0.717, 1.165) is 37.2 Å². The first-order valence-corrected chi connectivity index (χ1v) is 16.3. The summed E-state index contributed by atoms with van der Waals surface area (Å²) in [6.45, 7) is 4.11. The maximum Gasteiger partial charge on any atom is 0.305 e. The van der Waals surface area contributed by atoms with Gasteiger partial charge in [0.1, 0.15) is 0 Å². The topological polar surface area (TPSA) is 110 Å². The molecule has 5 atom stereocenters. The smallest absolute Gasteiger partial charge is 0.305 e. The Morgan fingerprint density at radius 1 is 1.12 bits per heavy atom. The molecule has 1 aromatic carbocycles. The molecule has 2 aliphatic rings. The lowest BCUT2D eigenvalue weighted by atomic mass is 9.77. The number of allylic oxidation sites excluding steroid dienone is 2. The predicted octanol–water partition coefficient (Wildman–Crippen LogP) is 5.88. The minimum Gasteiger partial charge on any atom is -0.469 e. The van der Waals surface area contributed by atoms with Crippen molar-refractivity contribution in [2.45, 2.75) is 108 Å². The lowest BCUT2D eigenvalue weighted by Crippen LogP contribution is -2.26. The van der Waals surface area contributed by atoms with Crippen LogP contribution < -0.4 is 0 Å². The van der Waals surface area contributed by atoms with E-state index >= 15 is 0 Å². The minimum absolute atomic E-state index is 0.0952. The third-order valence-corrected chi connectivity index (χ3v) is 9.96. The van der Waals surface area contributed by atoms with Crippen LogP contribution in [0, 0.1) is 30.6 Å². The number of hydrogen-bond donors (Lipinski definition) is 2. The second-order valence-corrected chi connectivity index (χ2v) is 13.1. The van der Waals surface area contributed by atoms with Gasteiger partial charge in [-0.15, -0.1) is 0 Å². The predicted molar refractivity (Wildman–Crippen MR) is 156 cm³/mol. The molecule has 0 amide bonds. The molecule has 2 saturated carbocycles. The van der Waals surface area contributed by atoms with Crippen LogP contribution in [-0.4, -0.2) is 50.0 Å². The fourth-order valence-electron chi connectivity index (χ4n) is 6.18. The molecule has 0 aromatic heterocycles.